The zero-order valence-electron chi connectivity index (χ0n) is 9.68. The SMILES string of the molecule is NC(c1cc[c]cc1)S(=O)(=O)c1cc(F)cc(F)c1. The lowest BCUT2D eigenvalue weighted by Gasteiger charge is -2.13. The van der Waals surface area contributed by atoms with Gasteiger partial charge in [0.2, 0.25) is 0 Å². The summed E-state index contributed by atoms with van der Waals surface area (Å²) in [5.74, 6) is -1.93. The standard InChI is InChI=1S/C13H10F2NO2S/c14-10-6-11(15)8-12(7-10)19(17,18)13(16)9-4-2-1-3-5-9/h2-8,13H,16H2. The van der Waals surface area contributed by atoms with E-state index >= 15 is 0 Å². The van der Waals surface area contributed by atoms with Gasteiger partial charge in [0, 0.05) is 6.07 Å². The average molecular weight is 282 g/mol. The molecule has 0 amide bonds. The molecule has 1 atom stereocenters. The molecule has 19 heavy (non-hydrogen) atoms. The lowest BCUT2D eigenvalue weighted by atomic mass is 10.2. The second-order valence-electron chi connectivity index (χ2n) is 3.90. The number of halogens is 2. The second kappa shape index (κ2) is 5.07. The summed E-state index contributed by atoms with van der Waals surface area (Å²) in [5, 5.41) is -1.39. The molecule has 0 aliphatic carbocycles. The van der Waals surface area contributed by atoms with Gasteiger partial charge in [-0.15, -0.1) is 0 Å². The van der Waals surface area contributed by atoms with Crippen molar-refractivity contribution in [2.24, 2.45) is 5.73 Å². The van der Waals surface area contributed by atoms with E-state index in [1.165, 1.54) is 24.3 Å². The van der Waals surface area contributed by atoms with E-state index in [0.717, 1.165) is 12.1 Å². The Hall–Kier alpha value is -1.79. The highest BCUT2D eigenvalue weighted by atomic mass is 32.2. The van der Waals surface area contributed by atoms with Gasteiger partial charge in [0.1, 0.15) is 17.0 Å². The summed E-state index contributed by atoms with van der Waals surface area (Å²) < 4.78 is 50.5. The van der Waals surface area contributed by atoms with E-state index in [0.29, 0.717) is 11.6 Å². The average Bonchev–Trinajstić information content (AvgIpc) is 2.37. The van der Waals surface area contributed by atoms with E-state index in [1.807, 2.05) is 0 Å². The molecule has 0 heterocycles. The van der Waals surface area contributed by atoms with Crippen LogP contribution in [0, 0.1) is 17.7 Å². The first-order valence-corrected chi connectivity index (χ1v) is 6.87. The summed E-state index contributed by atoms with van der Waals surface area (Å²) in [6.45, 7) is 0. The third-order valence-corrected chi connectivity index (χ3v) is 4.40. The first kappa shape index (κ1) is 13.6. The van der Waals surface area contributed by atoms with Crippen molar-refractivity contribution >= 4 is 9.84 Å². The maximum Gasteiger partial charge on any atom is 0.198 e. The Bertz CT molecular complexity index is 667. The van der Waals surface area contributed by atoms with E-state index < -0.39 is 31.7 Å². The zero-order valence-corrected chi connectivity index (χ0v) is 10.5. The first-order chi connectivity index (χ1) is 8.91. The van der Waals surface area contributed by atoms with Crippen molar-refractivity contribution in [3.63, 3.8) is 0 Å². The van der Waals surface area contributed by atoms with Crippen LogP contribution in [0.15, 0.2) is 47.4 Å². The number of nitrogens with two attached hydrogens (primary N) is 1. The van der Waals surface area contributed by atoms with Crippen LogP contribution in [-0.4, -0.2) is 8.42 Å². The fraction of sp³-hybridized carbons (Fsp3) is 0.0769. The summed E-state index contributed by atoms with van der Waals surface area (Å²) >= 11 is 0. The lowest BCUT2D eigenvalue weighted by molar-refractivity contribution is 0.562. The third kappa shape index (κ3) is 2.80. The Morgan fingerprint density at radius 2 is 1.58 bits per heavy atom. The lowest BCUT2D eigenvalue weighted by Crippen LogP contribution is -2.22. The third-order valence-electron chi connectivity index (χ3n) is 2.57. The molecule has 3 nitrogen and oxygen atoms in total. The molecular formula is C13H10F2NO2S. The molecule has 0 spiro atoms. The molecule has 0 aliphatic heterocycles. The summed E-state index contributed by atoms with van der Waals surface area (Å²) in [5.41, 5.74) is 5.98. The van der Waals surface area contributed by atoms with Crippen LogP contribution in [0.3, 0.4) is 0 Å². The molecule has 0 aliphatic rings. The molecule has 0 fully saturated rings. The molecular weight excluding hydrogens is 272 g/mol. The molecule has 1 radical (unpaired) electrons. The van der Waals surface area contributed by atoms with Crippen LogP contribution in [0.2, 0.25) is 0 Å². The van der Waals surface area contributed by atoms with Gasteiger partial charge in [-0.25, -0.2) is 17.2 Å². The van der Waals surface area contributed by atoms with Crippen LogP contribution in [0.25, 0.3) is 0 Å². The molecule has 99 valence electrons. The Labute approximate surface area is 109 Å². The maximum atomic E-state index is 13.1. The normalized spacial score (nSPS) is 13.2. The van der Waals surface area contributed by atoms with Gasteiger partial charge < -0.3 is 5.73 Å². The van der Waals surface area contributed by atoms with Crippen LogP contribution in [0.1, 0.15) is 10.9 Å². The van der Waals surface area contributed by atoms with Crippen LogP contribution >= 0.6 is 0 Å². The largest absolute Gasteiger partial charge is 0.311 e. The molecule has 1 unspecified atom stereocenters. The van der Waals surface area contributed by atoms with Crippen molar-refractivity contribution in [2.45, 2.75) is 10.3 Å². The van der Waals surface area contributed by atoms with E-state index in [4.69, 9.17) is 5.73 Å². The van der Waals surface area contributed by atoms with Crippen molar-refractivity contribution in [1.29, 1.82) is 0 Å². The van der Waals surface area contributed by atoms with Crippen molar-refractivity contribution in [3.8, 4) is 0 Å². The molecule has 2 aromatic rings. The predicted octanol–water partition coefficient (Wildman–Crippen LogP) is 2.20. The molecule has 2 aromatic carbocycles. The van der Waals surface area contributed by atoms with Crippen LogP contribution in [-0.2, 0) is 9.84 Å². The Kier molecular flexibility index (Phi) is 3.64. The summed E-state index contributed by atoms with van der Waals surface area (Å²) in [4.78, 5) is -0.481. The van der Waals surface area contributed by atoms with Crippen LogP contribution in [0.5, 0.6) is 0 Å². The van der Waals surface area contributed by atoms with Crippen molar-refractivity contribution in [2.75, 3.05) is 0 Å². The van der Waals surface area contributed by atoms with Gasteiger partial charge in [0.15, 0.2) is 9.84 Å². The predicted molar refractivity (Wildman–Crippen MR) is 65.8 cm³/mol. The van der Waals surface area contributed by atoms with Crippen LogP contribution < -0.4 is 5.73 Å². The minimum atomic E-state index is -4.05. The van der Waals surface area contributed by atoms with Gasteiger partial charge in [-0.3, -0.25) is 0 Å². The van der Waals surface area contributed by atoms with Gasteiger partial charge in [-0.1, -0.05) is 24.3 Å². The van der Waals surface area contributed by atoms with Crippen molar-refractivity contribution < 1.29 is 17.2 Å². The topological polar surface area (TPSA) is 60.2 Å². The number of hydrogen-bond acceptors (Lipinski definition) is 3. The van der Waals surface area contributed by atoms with E-state index in [1.54, 1.807) is 0 Å². The number of benzene rings is 2. The summed E-state index contributed by atoms with van der Waals surface area (Å²) in [7, 11) is -4.05. The highest BCUT2D eigenvalue weighted by Gasteiger charge is 2.26. The molecule has 0 bridgehead atoms. The van der Waals surface area contributed by atoms with E-state index in [-0.39, 0.29) is 0 Å². The Morgan fingerprint density at radius 3 is 2.11 bits per heavy atom. The molecule has 2 N–H and O–H groups in total. The highest BCUT2D eigenvalue weighted by Crippen LogP contribution is 2.25. The summed E-state index contributed by atoms with van der Waals surface area (Å²) in [6, 6.07) is 10.8. The number of sulfone groups is 1. The van der Waals surface area contributed by atoms with Gasteiger partial charge in [-0.05, 0) is 23.8 Å². The number of rotatable bonds is 3. The first-order valence-electron chi connectivity index (χ1n) is 5.33. The van der Waals surface area contributed by atoms with Gasteiger partial charge in [0.05, 0.1) is 4.90 Å². The fourth-order valence-electron chi connectivity index (χ4n) is 1.61. The monoisotopic (exact) mass is 282 g/mol. The van der Waals surface area contributed by atoms with Gasteiger partial charge in [-0.2, -0.15) is 0 Å². The minimum Gasteiger partial charge on any atom is -0.311 e. The van der Waals surface area contributed by atoms with Crippen molar-refractivity contribution in [1.82, 2.24) is 0 Å². The molecule has 6 heteroatoms. The molecule has 2 rings (SSSR count). The molecule has 0 aromatic heterocycles. The molecule has 0 saturated carbocycles. The Morgan fingerprint density at radius 1 is 1.05 bits per heavy atom. The van der Waals surface area contributed by atoms with E-state index in [2.05, 4.69) is 6.07 Å². The summed E-state index contributed by atoms with van der Waals surface area (Å²) in [6.07, 6.45) is 0. The van der Waals surface area contributed by atoms with Crippen LogP contribution in [0.4, 0.5) is 8.78 Å². The van der Waals surface area contributed by atoms with Gasteiger partial charge >= 0.3 is 0 Å². The fourth-order valence-corrected chi connectivity index (χ4v) is 2.97. The van der Waals surface area contributed by atoms with E-state index in [9.17, 15) is 17.2 Å². The van der Waals surface area contributed by atoms with Crippen molar-refractivity contribution in [3.05, 3.63) is 65.7 Å². The maximum absolute atomic E-state index is 13.1. The second-order valence-corrected chi connectivity index (χ2v) is 5.97. The van der Waals surface area contributed by atoms with Gasteiger partial charge in [0.25, 0.3) is 0 Å². The number of hydrogen-bond donors (Lipinski definition) is 1. The quantitative estimate of drug-likeness (QED) is 0.938. The smallest absolute Gasteiger partial charge is 0.198 e. The zero-order chi connectivity index (χ0) is 14.0. The highest BCUT2D eigenvalue weighted by molar-refractivity contribution is 7.91. The molecule has 0 saturated heterocycles. The minimum absolute atomic E-state index is 0.323. The Balaban J connectivity index is 2.48.